The average molecular weight is 286 g/mol. The van der Waals surface area contributed by atoms with Crippen molar-refractivity contribution >= 4 is 11.3 Å². The Morgan fingerprint density at radius 2 is 2.11 bits per heavy atom. The lowest BCUT2D eigenvalue weighted by molar-refractivity contribution is -0.137. The van der Waals surface area contributed by atoms with Gasteiger partial charge in [0.1, 0.15) is 0 Å². The Bertz CT molecular complexity index is 563. The highest BCUT2D eigenvalue weighted by molar-refractivity contribution is 7.15. The summed E-state index contributed by atoms with van der Waals surface area (Å²) in [5.41, 5.74) is 7.56. The van der Waals surface area contributed by atoms with Crippen LogP contribution in [0.5, 0.6) is 0 Å². The van der Waals surface area contributed by atoms with Crippen molar-refractivity contribution in [2.24, 2.45) is 5.73 Å². The third-order valence-corrected chi connectivity index (χ3v) is 3.88. The zero-order chi connectivity index (χ0) is 14.0. The van der Waals surface area contributed by atoms with Crippen molar-refractivity contribution in [1.29, 1.82) is 0 Å². The van der Waals surface area contributed by atoms with E-state index in [1.807, 2.05) is 19.1 Å². The molecule has 2 rings (SSSR count). The highest BCUT2D eigenvalue weighted by Crippen LogP contribution is 2.36. The summed E-state index contributed by atoms with van der Waals surface area (Å²) < 4.78 is 37.5. The number of hydrogen-bond acceptors (Lipinski definition) is 3. The number of thiazole rings is 1. The first-order valence-electron chi connectivity index (χ1n) is 5.80. The van der Waals surface area contributed by atoms with Gasteiger partial charge in [-0.25, -0.2) is 4.98 Å². The molecule has 0 aliphatic heterocycles. The van der Waals surface area contributed by atoms with Crippen molar-refractivity contribution in [3.05, 3.63) is 41.0 Å². The minimum absolute atomic E-state index is 0.102. The van der Waals surface area contributed by atoms with Crippen molar-refractivity contribution in [3.63, 3.8) is 0 Å². The van der Waals surface area contributed by atoms with E-state index in [1.54, 1.807) is 12.1 Å². The van der Waals surface area contributed by atoms with Gasteiger partial charge in [-0.3, -0.25) is 0 Å². The van der Waals surface area contributed by atoms with E-state index in [2.05, 4.69) is 4.98 Å². The molecule has 0 saturated carbocycles. The molecule has 0 radical (unpaired) electrons. The minimum atomic E-state index is -4.39. The topological polar surface area (TPSA) is 38.9 Å². The number of hydrogen-bond donors (Lipinski definition) is 1. The van der Waals surface area contributed by atoms with E-state index in [1.165, 1.54) is 6.20 Å². The van der Waals surface area contributed by atoms with Crippen molar-refractivity contribution < 1.29 is 13.2 Å². The van der Waals surface area contributed by atoms with E-state index >= 15 is 0 Å². The fraction of sp³-hybridized carbons (Fsp3) is 0.308. The maximum Gasteiger partial charge on any atom is 0.443 e. The quantitative estimate of drug-likeness (QED) is 0.916. The van der Waals surface area contributed by atoms with E-state index in [0.717, 1.165) is 17.5 Å². The Labute approximate surface area is 113 Å². The van der Waals surface area contributed by atoms with Gasteiger partial charge in [-0.05, 0) is 23.6 Å². The summed E-state index contributed by atoms with van der Waals surface area (Å²) in [7, 11) is 0. The molecule has 0 saturated heterocycles. The van der Waals surface area contributed by atoms with E-state index in [-0.39, 0.29) is 6.04 Å². The Morgan fingerprint density at radius 3 is 2.68 bits per heavy atom. The molecule has 102 valence electrons. The van der Waals surface area contributed by atoms with E-state index in [9.17, 15) is 13.2 Å². The summed E-state index contributed by atoms with van der Waals surface area (Å²) in [6.07, 6.45) is -2.36. The lowest BCUT2D eigenvalue weighted by Crippen LogP contribution is -2.08. The van der Waals surface area contributed by atoms with Gasteiger partial charge in [-0.15, -0.1) is 11.3 Å². The number of benzene rings is 1. The molecule has 0 bridgehead atoms. The van der Waals surface area contributed by atoms with Crippen LogP contribution in [0.2, 0.25) is 0 Å². The predicted octanol–water partition coefficient (Wildman–Crippen LogP) is 4.24. The van der Waals surface area contributed by atoms with Crippen LogP contribution < -0.4 is 5.73 Å². The summed E-state index contributed by atoms with van der Waals surface area (Å²) in [6.45, 7) is 1.96. The summed E-state index contributed by atoms with van der Waals surface area (Å²) in [6, 6.07) is 7.16. The monoisotopic (exact) mass is 286 g/mol. The van der Waals surface area contributed by atoms with Gasteiger partial charge >= 0.3 is 6.18 Å². The van der Waals surface area contributed by atoms with Gasteiger partial charge in [0.05, 0.1) is 4.88 Å². The first-order valence-corrected chi connectivity index (χ1v) is 6.62. The number of nitrogens with two attached hydrogens (primary N) is 1. The van der Waals surface area contributed by atoms with Crippen molar-refractivity contribution in [2.75, 3.05) is 0 Å². The second-order valence-corrected chi connectivity index (χ2v) is 5.20. The maximum absolute atomic E-state index is 12.5. The van der Waals surface area contributed by atoms with Crippen molar-refractivity contribution in [3.8, 4) is 10.4 Å². The Kier molecular flexibility index (Phi) is 3.91. The highest BCUT2D eigenvalue weighted by atomic mass is 32.1. The number of alkyl halides is 3. The van der Waals surface area contributed by atoms with Gasteiger partial charge in [-0.1, -0.05) is 25.1 Å². The van der Waals surface area contributed by atoms with E-state index in [0.29, 0.717) is 16.2 Å². The molecule has 0 aliphatic carbocycles. The molecule has 1 aromatic carbocycles. The van der Waals surface area contributed by atoms with Crippen LogP contribution >= 0.6 is 11.3 Å². The molecule has 2 N–H and O–H groups in total. The predicted molar refractivity (Wildman–Crippen MR) is 69.8 cm³/mol. The van der Waals surface area contributed by atoms with Gasteiger partial charge in [0.2, 0.25) is 0 Å². The van der Waals surface area contributed by atoms with Crippen LogP contribution in [0.4, 0.5) is 13.2 Å². The van der Waals surface area contributed by atoms with E-state index in [4.69, 9.17) is 5.73 Å². The smallest absolute Gasteiger partial charge is 0.324 e. The maximum atomic E-state index is 12.5. The second kappa shape index (κ2) is 5.30. The number of rotatable bonds is 3. The molecule has 1 unspecified atom stereocenters. The van der Waals surface area contributed by atoms with Gasteiger partial charge in [0.25, 0.3) is 0 Å². The Hall–Kier alpha value is -1.40. The summed E-state index contributed by atoms with van der Waals surface area (Å²) in [4.78, 5) is 3.92. The van der Waals surface area contributed by atoms with Crippen molar-refractivity contribution in [1.82, 2.24) is 4.98 Å². The highest BCUT2D eigenvalue weighted by Gasteiger charge is 2.34. The van der Waals surface area contributed by atoms with Crippen LogP contribution in [0.15, 0.2) is 30.5 Å². The first-order chi connectivity index (χ1) is 8.91. The molecular weight excluding hydrogens is 273 g/mol. The molecule has 1 aromatic heterocycles. The molecule has 1 heterocycles. The number of nitrogens with zero attached hydrogens (tertiary/aromatic N) is 1. The zero-order valence-electron chi connectivity index (χ0n) is 10.2. The summed E-state index contributed by atoms with van der Waals surface area (Å²) in [5.74, 6) is 0. The van der Waals surface area contributed by atoms with Crippen LogP contribution in [0.3, 0.4) is 0 Å². The minimum Gasteiger partial charge on any atom is -0.324 e. The fourth-order valence-electron chi connectivity index (χ4n) is 1.70. The second-order valence-electron chi connectivity index (χ2n) is 4.17. The van der Waals surface area contributed by atoms with Crippen LogP contribution in [0.1, 0.15) is 30.0 Å². The van der Waals surface area contributed by atoms with Crippen LogP contribution in [0.25, 0.3) is 10.4 Å². The normalized spacial score (nSPS) is 13.5. The molecule has 6 heteroatoms. The van der Waals surface area contributed by atoms with Gasteiger partial charge in [0, 0.05) is 12.2 Å². The molecule has 2 nitrogen and oxygen atoms in total. The first kappa shape index (κ1) is 14.0. The van der Waals surface area contributed by atoms with Crippen molar-refractivity contribution in [2.45, 2.75) is 25.6 Å². The van der Waals surface area contributed by atoms with Crippen LogP contribution in [0, 0.1) is 0 Å². The van der Waals surface area contributed by atoms with Crippen LogP contribution in [-0.2, 0) is 6.18 Å². The molecule has 0 amide bonds. The Morgan fingerprint density at radius 1 is 1.37 bits per heavy atom. The van der Waals surface area contributed by atoms with Gasteiger partial charge in [-0.2, -0.15) is 13.2 Å². The van der Waals surface area contributed by atoms with Crippen LogP contribution in [-0.4, -0.2) is 4.98 Å². The third-order valence-electron chi connectivity index (χ3n) is 2.79. The molecular formula is C13H13F3N2S. The Balaban J connectivity index is 2.34. The molecule has 0 aliphatic rings. The largest absolute Gasteiger partial charge is 0.443 e. The molecule has 2 aromatic rings. The third kappa shape index (κ3) is 3.13. The number of halogens is 3. The lowest BCUT2D eigenvalue weighted by atomic mass is 10.0. The van der Waals surface area contributed by atoms with Gasteiger partial charge < -0.3 is 5.73 Å². The molecule has 1 atom stereocenters. The number of aromatic nitrogens is 1. The zero-order valence-corrected chi connectivity index (χ0v) is 11.1. The molecule has 0 spiro atoms. The average Bonchev–Trinajstić information content (AvgIpc) is 2.87. The lowest BCUT2D eigenvalue weighted by Gasteiger charge is -2.10. The molecule has 0 fully saturated rings. The SMILES string of the molecule is CCC(N)c1cccc(-c2cnc(C(F)(F)F)s2)c1. The standard InChI is InChI=1S/C13H13F3N2S/c1-2-10(17)8-4-3-5-9(6-8)11-7-18-12(19-11)13(14,15)16/h3-7,10H,2,17H2,1H3. The summed E-state index contributed by atoms with van der Waals surface area (Å²) >= 11 is 0.644. The van der Waals surface area contributed by atoms with Gasteiger partial charge in [0.15, 0.2) is 5.01 Å². The molecule has 19 heavy (non-hydrogen) atoms. The fourth-order valence-corrected chi connectivity index (χ4v) is 2.48. The van der Waals surface area contributed by atoms with E-state index < -0.39 is 11.2 Å². The summed E-state index contributed by atoms with van der Waals surface area (Å²) in [5, 5.41) is -0.826.